The van der Waals surface area contributed by atoms with Crippen LogP contribution in [0.1, 0.15) is 27.7 Å². The topological polar surface area (TPSA) is 24.8 Å². The van der Waals surface area contributed by atoms with Crippen LogP contribution in [-0.2, 0) is 4.74 Å². The van der Waals surface area contributed by atoms with Gasteiger partial charge in [0, 0.05) is 11.7 Å². The van der Waals surface area contributed by atoms with Gasteiger partial charge in [-0.1, -0.05) is 0 Å². The Balaban J connectivity index is 2.83. The van der Waals surface area contributed by atoms with Gasteiger partial charge in [0.2, 0.25) is 0 Å². The summed E-state index contributed by atoms with van der Waals surface area (Å²) < 4.78 is 5.10. The first-order chi connectivity index (χ1) is 7.06. The van der Waals surface area contributed by atoms with Crippen molar-refractivity contribution < 1.29 is 4.74 Å². The molecule has 1 heterocycles. The molecule has 0 bridgehead atoms. The lowest BCUT2D eigenvalue weighted by molar-refractivity contribution is 0.293. The molecule has 0 saturated carbocycles. The Morgan fingerprint density at radius 2 is 2.27 bits per heavy atom. The maximum absolute atomic E-state index is 5.10. The van der Waals surface area contributed by atoms with Gasteiger partial charge in [-0.05, 0) is 39.8 Å². The van der Waals surface area contributed by atoms with Gasteiger partial charge in [-0.3, -0.25) is 4.99 Å². The number of ether oxygens (including phenoxy) is 1. The summed E-state index contributed by atoms with van der Waals surface area (Å²) in [7, 11) is 1.68. The second kappa shape index (κ2) is 5.01. The minimum Gasteiger partial charge on any atom is -0.501 e. The largest absolute Gasteiger partial charge is 0.501 e. The molecule has 1 atom stereocenters. The first-order valence-corrected chi connectivity index (χ1v) is 5.30. The molecule has 0 aliphatic carbocycles. The van der Waals surface area contributed by atoms with Gasteiger partial charge < -0.3 is 9.64 Å². The maximum atomic E-state index is 5.10. The Morgan fingerprint density at radius 3 is 2.80 bits per heavy atom. The number of rotatable bonds is 3. The molecule has 1 aliphatic heterocycles. The standard InChI is InChI=1S/C12H20N2O/c1-9(2)14-8-13-11(4)12(14)7-6-10(3)15-5/h6-9,11H,1-5H3/b10-6+,12-7+. The fraction of sp³-hybridized carbons (Fsp3) is 0.583. The first-order valence-electron chi connectivity index (χ1n) is 5.30. The number of allylic oxidation sites excluding steroid dienone is 3. The molecule has 0 spiro atoms. The Kier molecular flexibility index (Phi) is 3.95. The Morgan fingerprint density at radius 1 is 1.60 bits per heavy atom. The van der Waals surface area contributed by atoms with Crippen molar-refractivity contribution in [1.82, 2.24) is 4.90 Å². The summed E-state index contributed by atoms with van der Waals surface area (Å²) in [6, 6.07) is 0.689. The zero-order valence-electron chi connectivity index (χ0n) is 10.2. The molecule has 3 heteroatoms. The van der Waals surface area contributed by atoms with E-state index in [1.54, 1.807) is 7.11 Å². The third-order valence-corrected chi connectivity index (χ3v) is 2.51. The van der Waals surface area contributed by atoms with Gasteiger partial charge in [0.15, 0.2) is 0 Å². The van der Waals surface area contributed by atoms with E-state index in [0.717, 1.165) is 5.76 Å². The molecule has 0 fully saturated rings. The zero-order valence-corrected chi connectivity index (χ0v) is 10.2. The molecule has 1 unspecified atom stereocenters. The van der Waals surface area contributed by atoms with Crippen LogP contribution < -0.4 is 0 Å². The third kappa shape index (κ3) is 2.85. The molecule has 0 aromatic carbocycles. The lowest BCUT2D eigenvalue weighted by Crippen LogP contribution is -2.27. The maximum Gasteiger partial charge on any atom is 0.0925 e. The summed E-state index contributed by atoms with van der Waals surface area (Å²) in [4.78, 5) is 6.57. The van der Waals surface area contributed by atoms with E-state index in [1.165, 1.54) is 5.70 Å². The monoisotopic (exact) mass is 208 g/mol. The van der Waals surface area contributed by atoms with Crippen LogP contribution in [-0.4, -0.2) is 30.4 Å². The minimum absolute atomic E-state index is 0.244. The van der Waals surface area contributed by atoms with Crippen molar-refractivity contribution in [1.29, 1.82) is 0 Å². The fourth-order valence-electron chi connectivity index (χ4n) is 1.46. The van der Waals surface area contributed by atoms with Crippen molar-refractivity contribution in [2.75, 3.05) is 7.11 Å². The van der Waals surface area contributed by atoms with E-state index >= 15 is 0 Å². The Hall–Kier alpha value is -1.25. The van der Waals surface area contributed by atoms with Crippen LogP contribution in [0.2, 0.25) is 0 Å². The summed E-state index contributed by atoms with van der Waals surface area (Å²) in [6.45, 7) is 8.35. The normalized spacial score (nSPS) is 24.4. The smallest absolute Gasteiger partial charge is 0.0925 e. The molecule has 15 heavy (non-hydrogen) atoms. The van der Waals surface area contributed by atoms with Gasteiger partial charge in [0.1, 0.15) is 0 Å². The van der Waals surface area contributed by atoms with Crippen molar-refractivity contribution in [3.63, 3.8) is 0 Å². The molecule has 1 aliphatic rings. The van der Waals surface area contributed by atoms with Gasteiger partial charge >= 0.3 is 0 Å². The van der Waals surface area contributed by atoms with Crippen LogP contribution in [0, 0.1) is 0 Å². The van der Waals surface area contributed by atoms with Crippen LogP contribution in [0.3, 0.4) is 0 Å². The highest BCUT2D eigenvalue weighted by Crippen LogP contribution is 2.20. The van der Waals surface area contributed by atoms with Gasteiger partial charge in [-0.15, -0.1) is 0 Å². The number of hydrogen-bond acceptors (Lipinski definition) is 3. The highest BCUT2D eigenvalue weighted by atomic mass is 16.5. The van der Waals surface area contributed by atoms with Crippen LogP contribution >= 0.6 is 0 Å². The van der Waals surface area contributed by atoms with Crippen molar-refractivity contribution in [2.24, 2.45) is 4.99 Å². The highest BCUT2D eigenvalue weighted by Gasteiger charge is 2.21. The SMILES string of the molecule is CO/C(C)=C/C=C1\C(C)N=CN1C(C)C. The van der Waals surface area contributed by atoms with Crippen LogP contribution in [0.5, 0.6) is 0 Å². The first kappa shape index (κ1) is 11.8. The number of aliphatic imine (C=N–C) groups is 1. The molecular formula is C12H20N2O. The van der Waals surface area contributed by atoms with E-state index in [1.807, 2.05) is 19.3 Å². The summed E-state index contributed by atoms with van der Waals surface area (Å²) in [5.74, 6) is 0.908. The molecular weight excluding hydrogens is 188 g/mol. The molecule has 3 nitrogen and oxygen atoms in total. The van der Waals surface area contributed by atoms with E-state index in [9.17, 15) is 0 Å². The van der Waals surface area contributed by atoms with Gasteiger partial charge in [0.25, 0.3) is 0 Å². The highest BCUT2D eigenvalue weighted by molar-refractivity contribution is 5.63. The van der Waals surface area contributed by atoms with Crippen LogP contribution in [0.4, 0.5) is 0 Å². The van der Waals surface area contributed by atoms with Gasteiger partial charge in [-0.25, -0.2) is 0 Å². The lowest BCUT2D eigenvalue weighted by atomic mass is 10.2. The Bertz CT molecular complexity index is 303. The summed E-state index contributed by atoms with van der Waals surface area (Å²) in [5, 5.41) is 0. The van der Waals surface area contributed by atoms with E-state index in [0.29, 0.717) is 6.04 Å². The second-order valence-corrected chi connectivity index (χ2v) is 4.01. The molecule has 0 aromatic rings. The number of methoxy groups -OCH3 is 1. The summed E-state index contributed by atoms with van der Waals surface area (Å²) in [6.07, 6.45) is 5.98. The average molecular weight is 208 g/mol. The molecule has 0 radical (unpaired) electrons. The predicted octanol–water partition coefficient (Wildman–Crippen LogP) is 2.56. The van der Waals surface area contributed by atoms with Gasteiger partial charge in [-0.2, -0.15) is 0 Å². The van der Waals surface area contributed by atoms with E-state index in [-0.39, 0.29) is 6.04 Å². The second-order valence-electron chi connectivity index (χ2n) is 4.01. The minimum atomic E-state index is 0.244. The number of hydrogen-bond donors (Lipinski definition) is 0. The molecule has 0 saturated heterocycles. The predicted molar refractivity (Wildman–Crippen MR) is 63.8 cm³/mol. The Labute approximate surface area is 92.1 Å². The van der Waals surface area contributed by atoms with E-state index < -0.39 is 0 Å². The molecule has 0 N–H and O–H groups in total. The molecule has 0 aromatic heterocycles. The fourth-order valence-corrected chi connectivity index (χ4v) is 1.46. The van der Waals surface area contributed by atoms with Crippen LogP contribution in [0.25, 0.3) is 0 Å². The van der Waals surface area contributed by atoms with Gasteiger partial charge in [0.05, 0.1) is 25.2 Å². The van der Waals surface area contributed by atoms with Crippen molar-refractivity contribution in [3.8, 4) is 0 Å². The molecule has 84 valence electrons. The van der Waals surface area contributed by atoms with Crippen molar-refractivity contribution in [2.45, 2.75) is 39.8 Å². The molecule has 1 rings (SSSR count). The zero-order chi connectivity index (χ0) is 11.4. The van der Waals surface area contributed by atoms with E-state index in [2.05, 4.69) is 36.7 Å². The van der Waals surface area contributed by atoms with Crippen LogP contribution in [0.15, 0.2) is 28.6 Å². The van der Waals surface area contributed by atoms with Crippen molar-refractivity contribution in [3.05, 3.63) is 23.6 Å². The average Bonchev–Trinajstić information content (AvgIpc) is 2.56. The van der Waals surface area contributed by atoms with Crippen molar-refractivity contribution >= 4 is 6.34 Å². The lowest BCUT2D eigenvalue weighted by Gasteiger charge is -2.22. The number of nitrogens with zero attached hydrogens (tertiary/aromatic N) is 2. The molecule has 0 amide bonds. The van der Waals surface area contributed by atoms with E-state index in [4.69, 9.17) is 4.74 Å². The summed E-state index contributed by atoms with van der Waals surface area (Å²) >= 11 is 0. The summed E-state index contributed by atoms with van der Waals surface area (Å²) in [5.41, 5.74) is 1.22. The quantitative estimate of drug-likeness (QED) is 0.666. The third-order valence-electron chi connectivity index (χ3n) is 2.51.